The van der Waals surface area contributed by atoms with Crippen LogP contribution < -0.4 is 66.8 Å². The van der Waals surface area contributed by atoms with Crippen molar-refractivity contribution in [2.24, 2.45) is 0 Å². The number of thioether (sulfide) groups is 1. The standard InChI is InChI=1S/C35H53N11O8S2.C19H26N8O3S/c1-4-27(47)40-26-21-25(36)39-35(41-26)56-30-31(50-2)43-33(44-32(30)51-3)46-12-10-45(11-13-46)14-16-53-18-20-54-19-17-52-15-9-37-28(48)8-6-5-7-24-29-23(22-55-24)38-34(49)42-29;1-11(2)15(28)22-13-10-12(20)21-19(23-13)31-14-16(29-4)24-18(25-17(14)30-5)27-8-6-26(3)7-9-27/h4,21,23-24,29H,1,5-20,22H2,2-3H3,(H,37,48)(H2,38,42,49)(H3,36,39,40,41,47);10H,1,6-9H2,2-5H3,(H3,20,21,22,23,28). The molecule has 30 nitrogen and oxygen atoms in total. The number of nitrogens with one attached hydrogen (secondary N) is 5. The normalized spacial score (nSPS) is 17.4. The summed E-state index contributed by atoms with van der Waals surface area (Å²) in [7, 11) is 8.16. The van der Waals surface area contributed by atoms with E-state index in [2.05, 4.69) is 106 Å². The number of hydrogen-bond acceptors (Lipinski definition) is 28. The van der Waals surface area contributed by atoms with Gasteiger partial charge in [0.1, 0.15) is 33.1 Å². The van der Waals surface area contributed by atoms with Crippen LogP contribution in [-0.2, 0) is 28.6 Å². The molecule has 0 saturated carbocycles. The van der Waals surface area contributed by atoms with Crippen LogP contribution in [0.5, 0.6) is 23.5 Å². The number of anilines is 6. The minimum atomic E-state index is -0.425. The highest BCUT2D eigenvalue weighted by Gasteiger charge is 2.42. The van der Waals surface area contributed by atoms with Crippen molar-refractivity contribution in [3.05, 3.63) is 36.9 Å². The van der Waals surface area contributed by atoms with Gasteiger partial charge in [0, 0.05) is 101 Å². The van der Waals surface area contributed by atoms with E-state index in [4.69, 9.17) is 44.6 Å². The number of ether oxygens (including phenoxy) is 7. The van der Waals surface area contributed by atoms with Gasteiger partial charge in [-0.2, -0.15) is 31.7 Å². The number of nitrogens with zero attached hydrogens (tertiary/aromatic N) is 12. The van der Waals surface area contributed by atoms with Crippen LogP contribution in [0.2, 0.25) is 0 Å². The Kier molecular flexibility index (Phi) is 26.5. The molecular weight excluding hydrogens is 1190 g/mol. The highest BCUT2D eigenvalue weighted by Crippen LogP contribution is 2.42. The summed E-state index contributed by atoms with van der Waals surface area (Å²) in [5, 5.41) is 15.0. The summed E-state index contributed by atoms with van der Waals surface area (Å²) in [5.74, 6) is 3.34. The minimum Gasteiger partial charge on any atom is -0.480 e. The first-order valence-corrected chi connectivity index (χ1v) is 30.9. The van der Waals surface area contributed by atoms with Crippen molar-refractivity contribution in [3.63, 3.8) is 0 Å². The van der Waals surface area contributed by atoms with Crippen molar-refractivity contribution in [3.8, 4) is 23.5 Å². The predicted octanol–water partition coefficient (Wildman–Crippen LogP) is 2.44. The van der Waals surface area contributed by atoms with E-state index in [0.29, 0.717) is 122 Å². The zero-order valence-corrected chi connectivity index (χ0v) is 52.4. The first-order chi connectivity index (χ1) is 42.1. The molecular formula is C54H79N19O11S3. The quantitative estimate of drug-likeness (QED) is 0.0165. The van der Waals surface area contributed by atoms with E-state index < -0.39 is 5.91 Å². The SMILES string of the molecule is C=C(C)C(=O)Nc1cc(N)nc(Sc2c(OC)nc(N3CCN(C)CC3)nc2OC)n1.C=CC(=O)Nc1cc(N)nc(Sc2c(OC)nc(N3CCN(CCOCCOCCOCCNC(=O)CCCCC4SCC5NC(=O)NC54)CC3)nc2OC)n1. The zero-order valence-electron chi connectivity index (χ0n) is 50.0. The number of aromatic nitrogens is 8. The van der Waals surface area contributed by atoms with Gasteiger partial charge in [-0.1, -0.05) is 19.6 Å². The van der Waals surface area contributed by atoms with Crippen molar-refractivity contribution >= 4 is 94.2 Å². The van der Waals surface area contributed by atoms with Gasteiger partial charge in [0.15, 0.2) is 10.3 Å². The van der Waals surface area contributed by atoms with Gasteiger partial charge in [-0.3, -0.25) is 19.3 Å². The monoisotopic (exact) mass is 1270 g/mol. The summed E-state index contributed by atoms with van der Waals surface area (Å²) >= 11 is 4.14. The van der Waals surface area contributed by atoms with Crippen molar-refractivity contribution in [1.29, 1.82) is 0 Å². The number of rotatable bonds is 31. The number of piperazine rings is 2. The molecule has 3 atom stereocenters. The van der Waals surface area contributed by atoms with E-state index >= 15 is 0 Å². The number of nitrogens with two attached hydrogens (primary N) is 2. The second-order valence-electron chi connectivity index (χ2n) is 20.0. The molecule has 87 heavy (non-hydrogen) atoms. The lowest BCUT2D eigenvalue weighted by Crippen LogP contribution is -2.48. The number of methoxy groups -OCH3 is 4. The molecule has 4 fully saturated rings. The molecule has 474 valence electrons. The smallest absolute Gasteiger partial charge is 0.315 e. The first-order valence-electron chi connectivity index (χ1n) is 28.2. The van der Waals surface area contributed by atoms with Gasteiger partial charge in [0.05, 0.1) is 80.2 Å². The molecule has 4 aromatic rings. The highest BCUT2D eigenvalue weighted by molar-refractivity contribution is 8.00. The molecule has 0 spiro atoms. The van der Waals surface area contributed by atoms with Gasteiger partial charge < -0.3 is 85.9 Å². The van der Waals surface area contributed by atoms with Crippen LogP contribution in [0.4, 0.5) is 40.0 Å². The zero-order chi connectivity index (χ0) is 62.2. The fourth-order valence-corrected chi connectivity index (χ4v) is 12.4. The molecule has 0 radical (unpaired) electrons. The molecule has 4 aliphatic heterocycles. The summed E-state index contributed by atoms with van der Waals surface area (Å²) in [6.45, 7) is 19.3. The molecule has 4 aromatic heterocycles. The molecule has 3 unspecified atom stereocenters. The molecule has 0 aromatic carbocycles. The predicted molar refractivity (Wildman–Crippen MR) is 331 cm³/mol. The summed E-state index contributed by atoms with van der Waals surface area (Å²) in [4.78, 5) is 92.6. The van der Waals surface area contributed by atoms with E-state index in [1.807, 2.05) is 11.8 Å². The fourth-order valence-electron chi connectivity index (χ4n) is 9.04. The van der Waals surface area contributed by atoms with Crippen molar-refractivity contribution in [1.82, 2.24) is 65.6 Å². The molecule has 9 N–H and O–H groups in total. The van der Waals surface area contributed by atoms with E-state index in [-0.39, 0.29) is 63.5 Å². The average molecular weight is 1270 g/mol. The van der Waals surface area contributed by atoms with Gasteiger partial charge in [0.25, 0.3) is 5.91 Å². The molecule has 4 aliphatic rings. The van der Waals surface area contributed by atoms with Crippen molar-refractivity contribution in [2.45, 2.75) is 70.0 Å². The fraction of sp³-hybridized carbons (Fsp3) is 0.556. The van der Waals surface area contributed by atoms with E-state index in [1.54, 1.807) is 6.92 Å². The molecule has 5 amide bonds. The van der Waals surface area contributed by atoms with Gasteiger partial charge in [0.2, 0.25) is 47.2 Å². The van der Waals surface area contributed by atoms with Crippen LogP contribution in [0.1, 0.15) is 32.6 Å². The Morgan fingerprint density at radius 3 is 1.72 bits per heavy atom. The first kappa shape index (κ1) is 67.2. The molecule has 4 saturated heterocycles. The number of carbonyl (C=O) groups excluding carboxylic acids is 4. The van der Waals surface area contributed by atoms with E-state index in [0.717, 1.165) is 100 Å². The second kappa shape index (κ2) is 34.3. The van der Waals surface area contributed by atoms with Crippen LogP contribution >= 0.6 is 35.3 Å². The lowest BCUT2D eigenvalue weighted by Gasteiger charge is -2.34. The Labute approximate surface area is 518 Å². The number of urea groups is 1. The Morgan fingerprint density at radius 2 is 1.21 bits per heavy atom. The topological polar surface area (TPSA) is 361 Å². The van der Waals surface area contributed by atoms with Crippen LogP contribution in [-0.4, -0.2) is 237 Å². The number of unbranched alkanes of at least 4 members (excludes halogenated alkanes) is 1. The summed E-state index contributed by atoms with van der Waals surface area (Å²) < 4.78 is 39.2. The number of hydrogen-bond donors (Lipinski definition) is 7. The van der Waals surface area contributed by atoms with E-state index in [9.17, 15) is 19.2 Å². The Bertz CT molecular complexity index is 2930. The largest absolute Gasteiger partial charge is 0.480 e. The number of nitrogen functional groups attached to an aromatic ring is 2. The van der Waals surface area contributed by atoms with Crippen LogP contribution in [0.15, 0.2) is 57.0 Å². The average Bonchev–Trinajstić information content (AvgIpc) is 3.63. The maximum absolute atomic E-state index is 12.1. The van der Waals surface area contributed by atoms with Crippen molar-refractivity contribution in [2.75, 3.05) is 178 Å². The number of amides is 5. The molecule has 33 heteroatoms. The number of likely N-dealkylation sites (N-methyl/N-ethyl adjacent to an activating group) is 1. The summed E-state index contributed by atoms with van der Waals surface area (Å²) in [6.07, 6.45) is 4.43. The Hall–Kier alpha value is -7.27. The number of fused-ring (bicyclic) bond motifs is 1. The van der Waals surface area contributed by atoms with Crippen molar-refractivity contribution < 1.29 is 52.3 Å². The van der Waals surface area contributed by atoms with Crippen LogP contribution in [0.3, 0.4) is 0 Å². The van der Waals surface area contributed by atoms with Gasteiger partial charge in [-0.15, -0.1) is 0 Å². The molecule has 0 aliphatic carbocycles. The van der Waals surface area contributed by atoms with Crippen LogP contribution in [0, 0.1) is 0 Å². The van der Waals surface area contributed by atoms with Crippen LogP contribution in [0.25, 0.3) is 0 Å². The molecule has 8 rings (SSSR count). The minimum absolute atomic E-state index is 0.0357. The Balaban J connectivity index is 0.000000294. The molecule has 8 heterocycles. The third kappa shape index (κ3) is 20.7. The van der Waals surface area contributed by atoms with Gasteiger partial charge in [-0.25, -0.2) is 24.7 Å². The lowest BCUT2D eigenvalue weighted by molar-refractivity contribution is -0.121. The van der Waals surface area contributed by atoms with Gasteiger partial charge >= 0.3 is 6.03 Å². The third-order valence-corrected chi connectivity index (χ3v) is 17.0. The maximum Gasteiger partial charge on any atom is 0.315 e. The van der Waals surface area contributed by atoms with E-state index in [1.165, 1.54) is 40.6 Å². The van der Waals surface area contributed by atoms with Gasteiger partial charge in [-0.05, 0) is 56.4 Å². The Morgan fingerprint density at radius 1 is 0.701 bits per heavy atom. The lowest BCUT2D eigenvalue weighted by atomic mass is 10.0. The second-order valence-corrected chi connectivity index (χ2v) is 23.2. The summed E-state index contributed by atoms with van der Waals surface area (Å²) in [5.41, 5.74) is 12.2. The summed E-state index contributed by atoms with van der Waals surface area (Å²) in [6, 6.07) is 3.29. The maximum atomic E-state index is 12.1. The number of carbonyl (C=O) groups is 4. The molecule has 0 bridgehead atoms. The third-order valence-electron chi connectivity index (χ3n) is 13.6. The highest BCUT2D eigenvalue weighted by atomic mass is 32.2.